The van der Waals surface area contributed by atoms with E-state index in [4.69, 9.17) is 10.3 Å². The molecule has 0 unspecified atom stereocenters. The summed E-state index contributed by atoms with van der Waals surface area (Å²) in [5, 5.41) is 4.42. The van der Waals surface area contributed by atoms with Gasteiger partial charge in [0.15, 0.2) is 5.76 Å². The average molecular weight is 260 g/mol. The van der Waals surface area contributed by atoms with Crippen molar-refractivity contribution in [2.45, 2.75) is 63.3 Å². The minimum Gasteiger partial charge on any atom is -0.359 e. The predicted octanol–water partition coefficient (Wildman–Crippen LogP) is 3.34. The molecule has 4 aliphatic carbocycles. The molecule has 4 bridgehead atoms. The Kier molecular flexibility index (Phi) is 2.28. The summed E-state index contributed by atoms with van der Waals surface area (Å²) >= 11 is 0. The van der Waals surface area contributed by atoms with Gasteiger partial charge in [0.05, 0.1) is 11.2 Å². The van der Waals surface area contributed by atoms with Crippen LogP contribution in [-0.4, -0.2) is 5.16 Å². The molecule has 5 rings (SSSR count). The monoisotopic (exact) mass is 260 g/mol. The highest BCUT2D eigenvalue weighted by Gasteiger charge is 2.53. The minimum atomic E-state index is -0.423. The van der Waals surface area contributed by atoms with Gasteiger partial charge in [-0.2, -0.15) is 0 Å². The molecule has 104 valence electrons. The van der Waals surface area contributed by atoms with Crippen molar-refractivity contribution in [1.82, 2.24) is 5.16 Å². The lowest BCUT2D eigenvalue weighted by Crippen LogP contribution is -2.48. The Morgan fingerprint density at radius 1 is 1.16 bits per heavy atom. The summed E-state index contributed by atoms with van der Waals surface area (Å²) in [7, 11) is 0. The highest BCUT2D eigenvalue weighted by Crippen LogP contribution is 2.60. The average Bonchev–Trinajstić information content (AvgIpc) is 2.75. The van der Waals surface area contributed by atoms with Crippen LogP contribution in [0.2, 0.25) is 0 Å². The fourth-order valence-corrected chi connectivity index (χ4v) is 5.25. The largest absolute Gasteiger partial charge is 0.359 e. The summed E-state index contributed by atoms with van der Waals surface area (Å²) in [5.41, 5.74) is 7.22. The van der Waals surface area contributed by atoms with Crippen LogP contribution >= 0.6 is 0 Å². The molecule has 1 aromatic rings. The maximum atomic E-state index is 6.13. The van der Waals surface area contributed by atoms with E-state index in [0.29, 0.717) is 5.41 Å². The van der Waals surface area contributed by atoms with Crippen molar-refractivity contribution in [3.63, 3.8) is 0 Å². The van der Waals surface area contributed by atoms with E-state index in [-0.39, 0.29) is 0 Å². The number of nitrogens with two attached hydrogens (primary N) is 1. The van der Waals surface area contributed by atoms with Crippen LogP contribution in [0.1, 0.15) is 63.8 Å². The molecule has 2 N–H and O–H groups in total. The van der Waals surface area contributed by atoms with Crippen molar-refractivity contribution in [3.8, 4) is 0 Å². The van der Waals surface area contributed by atoms with Gasteiger partial charge in [-0.05, 0) is 70.1 Å². The SMILES string of the molecule is CC(C)(N)c1cc(C23CC4CC(CC(C4)C2)C3)no1. The van der Waals surface area contributed by atoms with Gasteiger partial charge in [0.25, 0.3) is 0 Å². The molecule has 0 aliphatic heterocycles. The van der Waals surface area contributed by atoms with Gasteiger partial charge in [-0.1, -0.05) is 5.16 Å². The molecule has 3 heteroatoms. The molecule has 1 heterocycles. The topological polar surface area (TPSA) is 52.0 Å². The Labute approximate surface area is 114 Å². The first kappa shape index (κ1) is 12.0. The first-order chi connectivity index (χ1) is 8.95. The Morgan fingerprint density at radius 2 is 1.68 bits per heavy atom. The minimum absolute atomic E-state index is 0.321. The quantitative estimate of drug-likeness (QED) is 0.887. The maximum absolute atomic E-state index is 6.13. The van der Waals surface area contributed by atoms with Crippen molar-refractivity contribution in [1.29, 1.82) is 0 Å². The van der Waals surface area contributed by atoms with E-state index < -0.39 is 5.54 Å². The molecule has 0 radical (unpaired) electrons. The lowest BCUT2D eigenvalue weighted by atomic mass is 9.49. The molecular weight excluding hydrogens is 236 g/mol. The molecule has 1 aromatic heterocycles. The third-order valence-electron chi connectivity index (χ3n) is 5.73. The molecule has 0 atom stereocenters. The van der Waals surface area contributed by atoms with Crippen molar-refractivity contribution in [3.05, 3.63) is 17.5 Å². The zero-order valence-electron chi connectivity index (χ0n) is 12.0. The summed E-state index contributed by atoms with van der Waals surface area (Å²) < 4.78 is 5.54. The lowest BCUT2D eigenvalue weighted by Gasteiger charge is -2.56. The number of hydrogen-bond donors (Lipinski definition) is 1. The Balaban J connectivity index is 1.70. The summed E-state index contributed by atoms with van der Waals surface area (Å²) in [6.07, 6.45) is 8.38. The van der Waals surface area contributed by atoms with Crippen LogP contribution < -0.4 is 5.73 Å². The van der Waals surface area contributed by atoms with Crippen molar-refractivity contribution >= 4 is 0 Å². The fourth-order valence-electron chi connectivity index (χ4n) is 5.25. The van der Waals surface area contributed by atoms with Gasteiger partial charge in [0.1, 0.15) is 0 Å². The molecular formula is C16H24N2O. The summed E-state index contributed by atoms with van der Waals surface area (Å²) in [6, 6.07) is 2.15. The standard InChI is InChI=1S/C16H24N2O/c1-15(2,17)14-6-13(18-19-14)16-7-10-3-11(8-16)5-12(4-10)9-16/h6,10-12H,3-5,7-9,17H2,1-2H3. The number of nitrogens with zero attached hydrogens (tertiary/aromatic N) is 1. The molecule has 4 saturated carbocycles. The molecule has 0 aromatic carbocycles. The van der Waals surface area contributed by atoms with E-state index in [0.717, 1.165) is 23.5 Å². The zero-order valence-corrected chi connectivity index (χ0v) is 12.0. The highest BCUT2D eigenvalue weighted by molar-refractivity contribution is 5.25. The molecule has 4 fully saturated rings. The van der Waals surface area contributed by atoms with Crippen molar-refractivity contribution in [2.75, 3.05) is 0 Å². The number of aromatic nitrogens is 1. The molecule has 4 aliphatic rings. The van der Waals surface area contributed by atoms with Crippen molar-refractivity contribution < 1.29 is 4.52 Å². The first-order valence-corrected chi connectivity index (χ1v) is 7.71. The highest BCUT2D eigenvalue weighted by atomic mass is 16.5. The second kappa shape index (κ2) is 3.63. The van der Waals surface area contributed by atoms with Crippen LogP contribution in [-0.2, 0) is 11.0 Å². The van der Waals surface area contributed by atoms with E-state index in [1.807, 2.05) is 13.8 Å². The first-order valence-electron chi connectivity index (χ1n) is 7.71. The summed E-state index contributed by atoms with van der Waals surface area (Å²) in [6.45, 7) is 3.97. The van der Waals surface area contributed by atoms with Gasteiger partial charge in [-0.3, -0.25) is 0 Å². The fraction of sp³-hybridized carbons (Fsp3) is 0.812. The number of rotatable bonds is 2. The van der Waals surface area contributed by atoms with Crippen LogP contribution in [0.25, 0.3) is 0 Å². The molecule has 0 spiro atoms. The Bertz CT molecular complexity index is 462. The second-order valence-electron chi connectivity index (χ2n) is 8.00. The Hall–Kier alpha value is -0.830. The van der Waals surface area contributed by atoms with E-state index in [9.17, 15) is 0 Å². The number of hydrogen-bond acceptors (Lipinski definition) is 3. The summed E-state index contributed by atoms with van der Waals surface area (Å²) in [5.74, 6) is 3.66. The van der Waals surface area contributed by atoms with Crippen LogP contribution in [0.15, 0.2) is 10.6 Å². The maximum Gasteiger partial charge on any atom is 0.156 e. The Morgan fingerprint density at radius 3 is 2.11 bits per heavy atom. The predicted molar refractivity (Wildman–Crippen MR) is 73.6 cm³/mol. The normalized spacial score (nSPS) is 40.9. The third-order valence-corrected chi connectivity index (χ3v) is 5.73. The van der Waals surface area contributed by atoms with Gasteiger partial charge < -0.3 is 10.3 Å². The van der Waals surface area contributed by atoms with Crippen LogP contribution in [0.4, 0.5) is 0 Å². The van der Waals surface area contributed by atoms with Gasteiger partial charge in [0, 0.05) is 11.5 Å². The third kappa shape index (κ3) is 1.78. The van der Waals surface area contributed by atoms with E-state index in [1.54, 1.807) is 0 Å². The van der Waals surface area contributed by atoms with Gasteiger partial charge >= 0.3 is 0 Å². The molecule has 19 heavy (non-hydrogen) atoms. The lowest BCUT2D eigenvalue weighted by molar-refractivity contribution is -0.00849. The van der Waals surface area contributed by atoms with Gasteiger partial charge in [-0.15, -0.1) is 0 Å². The second-order valence-corrected chi connectivity index (χ2v) is 8.00. The van der Waals surface area contributed by atoms with Gasteiger partial charge in [-0.25, -0.2) is 0 Å². The van der Waals surface area contributed by atoms with E-state index >= 15 is 0 Å². The van der Waals surface area contributed by atoms with Crippen molar-refractivity contribution in [2.24, 2.45) is 23.5 Å². The molecule has 3 nitrogen and oxygen atoms in total. The molecule has 0 saturated heterocycles. The molecule has 0 amide bonds. The zero-order chi connectivity index (χ0) is 13.3. The van der Waals surface area contributed by atoms with Crippen LogP contribution in [0, 0.1) is 17.8 Å². The van der Waals surface area contributed by atoms with E-state index in [2.05, 4.69) is 11.2 Å². The smallest absolute Gasteiger partial charge is 0.156 e. The van der Waals surface area contributed by atoms with Gasteiger partial charge in [0.2, 0.25) is 0 Å². The van der Waals surface area contributed by atoms with Crippen LogP contribution in [0.3, 0.4) is 0 Å². The van der Waals surface area contributed by atoms with Crippen LogP contribution in [0.5, 0.6) is 0 Å². The summed E-state index contributed by atoms with van der Waals surface area (Å²) in [4.78, 5) is 0. The van der Waals surface area contributed by atoms with E-state index in [1.165, 1.54) is 44.2 Å².